The molecule has 6 heteroatoms. The molecule has 0 saturated carbocycles. The van der Waals surface area contributed by atoms with Crippen molar-refractivity contribution in [2.24, 2.45) is 0 Å². The number of hydrogen-bond acceptors (Lipinski definition) is 4. The van der Waals surface area contributed by atoms with Gasteiger partial charge in [0.05, 0.1) is 0 Å². The van der Waals surface area contributed by atoms with Crippen LogP contribution < -0.4 is 16.0 Å². The predicted molar refractivity (Wildman–Crippen MR) is 64.8 cm³/mol. The number of nitrogens with one attached hydrogen (secondary N) is 3. The fourth-order valence-electron chi connectivity index (χ4n) is 1.24. The Morgan fingerprint density at radius 2 is 2.06 bits per heavy atom. The lowest BCUT2D eigenvalue weighted by Crippen LogP contribution is -2.21. The van der Waals surface area contributed by atoms with Crippen LogP contribution in [0, 0.1) is 0 Å². The SMILES string of the molecule is CNC(=O)CCNc1ccnc(C(=O)NC)c1. The van der Waals surface area contributed by atoms with Crippen LogP contribution in [0.25, 0.3) is 0 Å². The van der Waals surface area contributed by atoms with Gasteiger partial charge in [-0.1, -0.05) is 0 Å². The molecule has 0 spiro atoms. The smallest absolute Gasteiger partial charge is 0.269 e. The molecule has 1 rings (SSSR count). The van der Waals surface area contributed by atoms with Crippen molar-refractivity contribution in [3.8, 4) is 0 Å². The number of anilines is 1. The van der Waals surface area contributed by atoms with Crippen LogP contribution in [0.3, 0.4) is 0 Å². The highest BCUT2D eigenvalue weighted by Crippen LogP contribution is 2.07. The Labute approximate surface area is 99.8 Å². The Morgan fingerprint density at radius 3 is 2.71 bits per heavy atom. The summed E-state index contributed by atoms with van der Waals surface area (Å²) >= 11 is 0. The van der Waals surface area contributed by atoms with Crippen molar-refractivity contribution in [1.29, 1.82) is 0 Å². The van der Waals surface area contributed by atoms with Crippen LogP contribution in [0.2, 0.25) is 0 Å². The molecule has 1 heterocycles. The molecular formula is C11H16N4O2. The number of nitrogens with zero attached hydrogens (tertiary/aromatic N) is 1. The largest absolute Gasteiger partial charge is 0.384 e. The summed E-state index contributed by atoms with van der Waals surface area (Å²) < 4.78 is 0. The first-order valence-corrected chi connectivity index (χ1v) is 5.30. The first-order chi connectivity index (χ1) is 8.17. The molecule has 3 N–H and O–H groups in total. The molecule has 0 aromatic carbocycles. The molecule has 0 bridgehead atoms. The van der Waals surface area contributed by atoms with Gasteiger partial charge >= 0.3 is 0 Å². The summed E-state index contributed by atoms with van der Waals surface area (Å²) in [4.78, 5) is 26.3. The third-order valence-electron chi connectivity index (χ3n) is 2.18. The molecule has 0 atom stereocenters. The monoisotopic (exact) mass is 236 g/mol. The van der Waals surface area contributed by atoms with E-state index in [9.17, 15) is 9.59 Å². The average Bonchev–Trinajstić information content (AvgIpc) is 2.38. The van der Waals surface area contributed by atoms with E-state index in [-0.39, 0.29) is 11.8 Å². The molecule has 0 aliphatic carbocycles. The van der Waals surface area contributed by atoms with E-state index in [1.165, 1.54) is 0 Å². The second-order valence-electron chi connectivity index (χ2n) is 3.36. The number of carbonyl (C=O) groups is 2. The van der Waals surface area contributed by atoms with Crippen molar-refractivity contribution in [3.63, 3.8) is 0 Å². The molecular weight excluding hydrogens is 220 g/mol. The maximum atomic E-state index is 11.3. The van der Waals surface area contributed by atoms with Gasteiger partial charge in [0.25, 0.3) is 5.91 Å². The van der Waals surface area contributed by atoms with Gasteiger partial charge in [-0.05, 0) is 12.1 Å². The van der Waals surface area contributed by atoms with Gasteiger partial charge in [0.1, 0.15) is 5.69 Å². The van der Waals surface area contributed by atoms with Crippen LogP contribution in [-0.2, 0) is 4.79 Å². The van der Waals surface area contributed by atoms with E-state index in [0.29, 0.717) is 18.7 Å². The first kappa shape index (κ1) is 13.0. The highest BCUT2D eigenvalue weighted by atomic mass is 16.2. The van der Waals surface area contributed by atoms with Crippen LogP contribution in [0.5, 0.6) is 0 Å². The quantitative estimate of drug-likeness (QED) is 0.671. The fourth-order valence-corrected chi connectivity index (χ4v) is 1.24. The Bertz CT molecular complexity index is 406. The molecule has 92 valence electrons. The topological polar surface area (TPSA) is 83.1 Å². The van der Waals surface area contributed by atoms with E-state index >= 15 is 0 Å². The molecule has 2 amide bonds. The van der Waals surface area contributed by atoms with E-state index in [4.69, 9.17) is 0 Å². The average molecular weight is 236 g/mol. The minimum atomic E-state index is -0.236. The van der Waals surface area contributed by atoms with Crippen molar-refractivity contribution < 1.29 is 9.59 Å². The van der Waals surface area contributed by atoms with Gasteiger partial charge in [-0.15, -0.1) is 0 Å². The van der Waals surface area contributed by atoms with Crippen LogP contribution in [0.1, 0.15) is 16.9 Å². The summed E-state index contributed by atoms with van der Waals surface area (Å²) in [6.45, 7) is 0.511. The number of rotatable bonds is 5. The van der Waals surface area contributed by atoms with Crippen LogP contribution in [-0.4, -0.2) is 37.4 Å². The predicted octanol–water partition coefficient (Wildman–Crippen LogP) is -0.0108. The van der Waals surface area contributed by atoms with Crippen molar-refractivity contribution in [2.45, 2.75) is 6.42 Å². The zero-order chi connectivity index (χ0) is 12.7. The maximum absolute atomic E-state index is 11.3. The van der Waals surface area contributed by atoms with Crippen molar-refractivity contribution in [2.75, 3.05) is 26.0 Å². The Morgan fingerprint density at radius 1 is 1.29 bits per heavy atom. The Hall–Kier alpha value is -2.11. The van der Waals surface area contributed by atoms with Crippen LogP contribution in [0.15, 0.2) is 18.3 Å². The highest BCUT2D eigenvalue weighted by Gasteiger charge is 2.05. The fraction of sp³-hybridized carbons (Fsp3) is 0.364. The third kappa shape index (κ3) is 4.10. The van der Waals surface area contributed by atoms with Gasteiger partial charge in [-0.3, -0.25) is 14.6 Å². The number of aromatic nitrogens is 1. The Balaban J connectivity index is 2.54. The molecule has 17 heavy (non-hydrogen) atoms. The molecule has 0 unspecified atom stereocenters. The summed E-state index contributed by atoms with van der Waals surface area (Å²) in [5.41, 5.74) is 1.11. The van der Waals surface area contributed by atoms with Gasteiger partial charge in [0.15, 0.2) is 0 Å². The van der Waals surface area contributed by atoms with E-state index in [1.807, 2.05) is 0 Å². The second-order valence-corrected chi connectivity index (χ2v) is 3.36. The van der Waals surface area contributed by atoms with Gasteiger partial charge in [0.2, 0.25) is 5.91 Å². The lowest BCUT2D eigenvalue weighted by molar-refractivity contribution is -0.120. The number of carbonyl (C=O) groups excluding carboxylic acids is 2. The lowest BCUT2D eigenvalue weighted by Gasteiger charge is -2.06. The summed E-state index contributed by atoms with van der Waals surface area (Å²) in [6, 6.07) is 3.39. The minimum absolute atomic E-state index is 0.0296. The summed E-state index contributed by atoms with van der Waals surface area (Å²) in [6.07, 6.45) is 1.93. The summed E-state index contributed by atoms with van der Waals surface area (Å²) in [7, 11) is 3.15. The molecule has 6 nitrogen and oxygen atoms in total. The summed E-state index contributed by atoms with van der Waals surface area (Å²) in [5, 5.41) is 8.08. The number of hydrogen-bond donors (Lipinski definition) is 3. The van der Waals surface area contributed by atoms with Crippen molar-refractivity contribution >= 4 is 17.5 Å². The molecule has 1 aromatic rings. The standard InChI is InChI=1S/C11H16N4O2/c1-12-10(16)4-6-14-8-3-5-15-9(7-8)11(17)13-2/h3,5,7H,4,6H2,1-2H3,(H,12,16)(H,13,17)(H,14,15). The highest BCUT2D eigenvalue weighted by molar-refractivity contribution is 5.92. The van der Waals surface area contributed by atoms with E-state index in [2.05, 4.69) is 20.9 Å². The Kier molecular flexibility index (Phi) is 4.93. The molecule has 0 saturated heterocycles. The second kappa shape index (κ2) is 6.47. The molecule has 0 aliphatic rings. The minimum Gasteiger partial charge on any atom is -0.384 e. The molecule has 1 aromatic heterocycles. The van der Waals surface area contributed by atoms with E-state index in [0.717, 1.165) is 5.69 Å². The molecule has 0 fully saturated rings. The molecule has 0 aliphatic heterocycles. The van der Waals surface area contributed by atoms with Gasteiger partial charge < -0.3 is 16.0 Å². The van der Waals surface area contributed by atoms with Crippen LogP contribution in [0.4, 0.5) is 5.69 Å². The van der Waals surface area contributed by atoms with Crippen LogP contribution >= 0.6 is 0 Å². The number of amides is 2. The maximum Gasteiger partial charge on any atom is 0.269 e. The van der Waals surface area contributed by atoms with Crippen molar-refractivity contribution in [1.82, 2.24) is 15.6 Å². The van der Waals surface area contributed by atoms with E-state index in [1.54, 1.807) is 32.4 Å². The molecule has 0 radical (unpaired) electrons. The van der Waals surface area contributed by atoms with Gasteiger partial charge in [-0.2, -0.15) is 0 Å². The first-order valence-electron chi connectivity index (χ1n) is 5.30. The number of pyridine rings is 1. The third-order valence-corrected chi connectivity index (χ3v) is 2.18. The lowest BCUT2D eigenvalue weighted by atomic mass is 10.3. The van der Waals surface area contributed by atoms with Gasteiger partial charge in [0, 0.05) is 38.9 Å². The normalized spacial score (nSPS) is 9.53. The van der Waals surface area contributed by atoms with Crippen molar-refractivity contribution in [3.05, 3.63) is 24.0 Å². The van der Waals surface area contributed by atoms with E-state index < -0.39 is 0 Å². The zero-order valence-corrected chi connectivity index (χ0v) is 9.91. The summed E-state index contributed by atoms with van der Waals surface area (Å²) in [5.74, 6) is -0.266. The van der Waals surface area contributed by atoms with Gasteiger partial charge in [-0.25, -0.2) is 0 Å². The zero-order valence-electron chi connectivity index (χ0n) is 9.91.